The molecule has 0 bridgehead atoms. The van der Waals surface area contributed by atoms with Gasteiger partial charge in [0.1, 0.15) is 10.8 Å². The van der Waals surface area contributed by atoms with Crippen molar-refractivity contribution in [3.05, 3.63) is 34.8 Å². The summed E-state index contributed by atoms with van der Waals surface area (Å²) in [6.07, 6.45) is -0.885. The highest BCUT2D eigenvalue weighted by atomic mass is 32.2. The van der Waals surface area contributed by atoms with Gasteiger partial charge in [0.15, 0.2) is 22.0 Å². The fourth-order valence-electron chi connectivity index (χ4n) is 1.61. The summed E-state index contributed by atoms with van der Waals surface area (Å²) in [7, 11) is 0. The third-order valence-electron chi connectivity index (χ3n) is 2.70. The Morgan fingerprint density at radius 1 is 1.43 bits per heavy atom. The lowest BCUT2D eigenvalue weighted by molar-refractivity contribution is -0.127. The standard InChI is InChI=1S/C14H15F2N3O2S2/c1-8(21-12-4-3-10(15)7-11(12)16)13(20)17-5-6-22-14-19-18-9(2)23-14/h3-4,7-8H,5-6H2,1-2H3,(H,17,20). The van der Waals surface area contributed by atoms with E-state index in [2.05, 4.69) is 15.5 Å². The van der Waals surface area contributed by atoms with E-state index in [1.54, 1.807) is 0 Å². The van der Waals surface area contributed by atoms with E-state index in [0.717, 1.165) is 21.5 Å². The molecule has 0 aliphatic heterocycles. The average molecular weight is 359 g/mol. The van der Waals surface area contributed by atoms with Crippen molar-refractivity contribution in [2.75, 3.05) is 12.3 Å². The maximum Gasteiger partial charge on any atom is 0.260 e. The van der Waals surface area contributed by atoms with Crippen LogP contribution < -0.4 is 10.1 Å². The average Bonchev–Trinajstić information content (AvgIpc) is 2.91. The number of hydrogen-bond donors (Lipinski definition) is 1. The lowest BCUT2D eigenvalue weighted by Gasteiger charge is -2.15. The fraction of sp³-hybridized carbons (Fsp3) is 0.357. The van der Waals surface area contributed by atoms with E-state index in [9.17, 15) is 13.6 Å². The highest BCUT2D eigenvalue weighted by Crippen LogP contribution is 2.21. The molecule has 1 atom stereocenters. The predicted molar refractivity (Wildman–Crippen MR) is 84.8 cm³/mol. The summed E-state index contributed by atoms with van der Waals surface area (Å²) < 4.78 is 32.3. The fourth-order valence-corrected chi connectivity index (χ4v) is 3.35. The monoisotopic (exact) mass is 359 g/mol. The predicted octanol–water partition coefficient (Wildman–Crippen LogP) is 2.80. The van der Waals surface area contributed by atoms with Gasteiger partial charge in [-0.3, -0.25) is 4.79 Å². The number of ether oxygens (including phenoxy) is 1. The number of thioether (sulfide) groups is 1. The summed E-state index contributed by atoms with van der Waals surface area (Å²) in [5.74, 6) is -1.43. The van der Waals surface area contributed by atoms with E-state index in [0.29, 0.717) is 18.4 Å². The van der Waals surface area contributed by atoms with Gasteiger partial charge in [0, 0.05) is 18.4 Å². The lowest BCUT2D eigenvalue weighted by Crippen LogP contribution is -2.37. The van der Waals surface area contributed by atoms with E-state index in [1.165, 1.54) is 30.0 Å². The van der Waals surface area contributed by atoms with Crippen molar-refractivity contribution in [2.24, 2.45) is 0 Å². The van der Waals surface area contributed by atoms with Crippen LogP contribution in [0.3, 0.4) is 0 Å². The normalized spacial score (nSPS) is 12.0. The zero-order valence-corrected chi connectivity index (χ0v) is 14.1. The van der Waals surface area contributed by atoms with Crippen LogP contribution in [-0.4, -0.2) is 34.5 Å². The molecule has 0 saturated heterocycles. The molecule has 1 heterocycles. The second-order valence-electron chi connectivity index (χ2n) is 4.56. The first-order valence-corrected chi connectivity index (χ1v) is 8.58. The summed E-state index contributed by atoms with van der Waals surface area (Å²) in [6.45, 7) is 3.79. The highest BCUT2D eigenvalue weighted by molar-refractivity contribution is 8.01. The minimum Gasteiger partial charge on any atom is -0.478 e. The molecule has 2 aromatic rings. The van der Waals surface area contributed by atoms with Crippen molar-refractivity contribution in [2.45, 2.75) is 24.3 Å². The molecule has 0 aliphatic carbocycles. The van der Waals surface area contributed by atoms with Crippen molar-refractivity contribution in [1.82, 2.24) is 15.5 Å². The lowest BCUT2D eigenvalue weighted by atomic mass is 10.3. The number of hydrogen-bond acceptors (Lipinski definition) is 6. The van der Waals surface area contributed by atoms with Crippen molar-refractivity contribution in [1.29, 1.82) is 0 Å². The summed E-state index contributed by atoms with van der Waals surface area (Å²) in [6, 6.07) is 2.94. The van der Waals surface area contributed by atoms with E-state index in [1.807, 2.05) is 6.92 Å². The van der Waals surface area contributed by atoms with Gasteiger partial charge in [-0.2, -0.15) is 0 Å². The molecule has 9 heteroatoms. The smallest absolute Gasteiger partial charge is 0.260 e. The van der Waals surface area contributed by atoms with Gasteiger partial charge < -0.3 is 10.1 Å². The van der Waals surface area contributed by atoms with Crippen LogP contribution >= 0.6 is 23.1 Å². The van der Waals surface area contributed by atoms with Crippen LogP contribution in [0.2, 0.25) is 0 Å². The van der Waals surface area contributed by atoms with E-state index in [4.69, 9.17) is 4.74 Å². The largest absolute Gasteiger partial charge is 0.478 e. The summed E-state index contributed by atoms with van der Waals surface area (Å²) in [5.41, 5.74) is 0. The first kappa shape index (κ1) is 17.6. The molecule has 5 nitrogen and oxygen atoms in total. The van der Waals surface area contributed by atoms with Gasteiger partial charge in [0.25, 0.3) is 5.91 Å². The summed E-state index contributed by atoms with van der Waals surface area (Å²) in [4.78, 5) is 11.9. The molecule has 23 heavy (non-hydrogen) atoms. The van der Waals surface area contributed by atoms with Crippen LogP contribution in [0.25, 0.3) is 0 Å². The van der Waals surface area contributed by atoms with Crippen LogP contribution in [0.5, 0.6) is 5.75 Å². The molecule has 124 valence electrons. The number of amides is 1. The Balaban J connectivity index is 1.74. The maximum absolute atomic E-state index is 13.5. The Bertz CT molecular complexity index is 682. The summed E-state index contributed by atoms with van der Waals surface area (Å²) >= 11 is 2.98. The summed E-state index contributed by atoms with van der Waals surface area (Å²) in [5, 5.41) is 11.4. The van der Waals surface area contributed by atoms with Crippen LogP contribution in [0, 0.1) is 18.6 Å². The molecule has 0 aliphatic rings. The highest BCUT2D eigenvalue weighted by Gasteiger charge is 2.16. The van der Waals surface area contributed by atoms with Crippen LogP contribution in [0.1, 0.15) is 11.9 Å². The minimum atomic E-state index is -0.885. The second kappa shape index (κ2) is 8.21. The number of aromatic nitrogens is 2. The molecule has 0 spiro atoms. The number of nitrogens with zero attached hydrogens (tertiary/aromatic N) is 2. The van der Waals surface area contributed by atoms with Gasteiger partial charge in [0.2, 0.25) is 0 Å². The van der Waals surface area contributed by atoms with Gasteiger partial charge in [0.05, 0.1) is 0 Å². The quantitative estimate of drug-likeness (QED) is 0.608. The Morgan fingerprint density at radius 2 is 2.22 bits per heavy atom. The molecule has 0 saturated carbocycles. The van der Waals surface area contributed by atoms with Crippen molar-refractivity contribution < 1.29 is 18.3 Å². The molecule has 2 rings (SSSR count). The number of halogens is 2. The molecule has 0 radical (unpaired) electrons. The van der Waals surface area contributed by atoms with Gasteiger partial charge >= 0.3 is 0 Å². The van der Waals surface area contributed by atoms with E-state index >= 15 is 0 Å². The maximum atomic E-state index is 13.5. The zero-order chi connectivity index (χ0) is 16.8. The first-order valence-electron chi connectivity index (χ1n) is 6.78. The van der Waals surface area contributed by atoms with Gasteiger partial charge in [-0.05, 0) is 26.0 Å². The molecule has 1 aromatic heterocycles. The topological polar surface area (TPSA) is 64.1 Å². The third-order valence-corrected chi connectivity index (χ3v) is 4.67. The number of benzene rings is 1. The Labute approximate surface area is 140 Å². The second-order valence-corrected chi connectivity index (χ2v) is 7.08. The van der Waals surface area contributed by atoms with E-state index in [-0.39, 0.29) is 11.7 Å². The SMILES string of the molecule is Cc1nnc(SCCNC(=O)C(C)Oc2ccc(F)cc2F)s1. The Kier molecular flexibility index (Phi) is 6.28. The van der Waals surface area contributed by atoms with Crippen LogP contribution in [0.4, 0.5) is 8.78 Å². The van der Waals surface area contributed by atoms with Crippen molar-refractivity contribution in [3.63, 3.8) is 0 Å². The number of rotatable bonds is 7. The zero-order valence-electron chi connectivity index (χ0n) is 12.5. The number of aryl methyl sites for hydroxylation is 1. The number of nitrogens with one attached hydrogen (secondary N) is 1. The molecule has 1 amide bonds. The molecule has 1 aromatic carbocycles. The Morgan fingerprint density at radius 3 is 2.87 bits per heavy atom. The van der Waals surface area contributed by atoms with Gasteiger partial charge in [-0.1, -0.05) is 23.1 Å². The molecular formula is C14H15F2N3O2S2. The Hall–Kier alpha value is -1.74. The molecule has 0 fully saturated rings. The first-order chi connectivity index (χ1) is 11.0. The minimum absolute atomic E-state index is 0.159. The van der Waals surface area contributed by atoms with Crippen LogP contribution in [-0.2, 0) is 4.79 Å². The van der Waals surface area contributed by atoms with E-state index < -0.39 is 17.7 Å². The third kappa shape index (κ3) is 5.43. The van der Waals surface area contributed by atoms with Crippen molar-refractivity contribution in [3.8, 4) is 5.75 Å². The van der Waals surface area contributed by atoms with Crippen molar-refractivity contribution >= 4 is 29.0 Å². The van der Waals surface area contributed by atoms with Gasteiger partial charge in [-0.25, -0.2) is 8.78 Å². The molecular weight excluding hydrogens is 344 g/mol. The van der Waals surface area contributed by atoms with Gasteiger partial charge in [-0.15, -0.1) is 10.2 Å². The molecule has 1 N–H and O–H groups in total. The van der Waals surface area contributed by atoms with Crippen LogP contribution in [0.15, 0.2) is 22.5 Å². The number of carbonyl (C=O) groups excluding carboxylic acids is 1. The molecule has 1 unspecified atom stereocenters. The number of carbonyl (C=O) groups is 1.